The molecule has 2 unspecified atom stereocenters. The number of benzene rings is 1. The van der Waals surface area contributed by atoms with E-state index < -0.39 is 5.82 Å². The number of hydrogen-bond donors (Lipinski definition) is 2. The van der Waals surface area contributed by atoms with Gasteiger partial charge in [0.1, 0.15) is 29.4 Å². The van der Waals surface area contributed by atoms with Gasteiger partial charge in [0, 0.05) is 43.7 Å². The fourth-order valence-corrected chi connectivity index (χ4v) is 8.15. The highest BCUT2D eigenvalue weighted by molar-refractivity contribution is 5.99. The Morgan fingerprint density at radius 1 is 1.09 bits per heavy atom. The fraction of sp³-hybridized carbons (Fsp3) is 0.500. The minimum atomic E-state index is -0.522. The summed E-state index contributed by atoms with van der Waals surface area (Å²) in [6, 6.07) is 3.92. The zero-order valence-electron chi connectivity index (χ0n) is 26.2. The van der Waals surface area contributed by atoms with E-state index in [2.05, 4.69) is 70.3 Å². The Balaban J connectivity index is 1.27. The highest BCUT2D eigenvalue weighted by Crippen LogP contribution is 2.47. The zero-order chi connectivity index (χ0) is 30.6. The molecule has 232 valence electrons. The van der Waals surface area contributed by atoms with Crippen molar-refractivity contribution < 1.29 is 9.50 Å². The number of rotatable bonds is 6. The number of fused-ring (bicyclic) bond motifs is 2. The lowest BCUT2D eigenvalue weighted by atomic mass is 9.72. The van der Waals surface area contributed by atoms with Crippen molar-refractivity contribution in [2.45, 2.75) is 57.5 Å². The summed E-state index contributed by atoms with van der Waals surface area (Å²) in [6.45, 7) is 10.0. The predicted molar refractivity (Wildman–Crippen MR) is 172 cm³/mol. The molecule has 2 saturated heterocycles. The van der Waals surface area contributed by atoms with Gasteiger partial charge in [-0.05, 0) is 102 Å². The van der Waals surface area contributed by atoms with Crippen molar-refractivity contribution in [3.8, 4) is 17.0 Å². The molecular weight excluding hydrogens is 555 g/mol. The van der Waals surface area contributed by atoms with Crippen LogP contribution in [0, 0.1) is 11.2 Å². The molecule has 2 N–H and O–H groups in total. The average Bonchev–Trinajstić information content (AvgIpc) is 3.53. The summed E-state index contributed by atoms with van der Waals surface area (Å²) in [4.78, 5) is 16.8. The van der Waals surface area contributed by atoms with Crippen LogP contribution >= 0.6 is 0 Å². The van der Waals surface area contributed by atoms with E-state index in [0.29, 0.717) is 33.5 Å². The van der Waals surface area contributed by atoms with Crippen molar-refractivity contribution in [3.05, 3.63) is 66.0 Å². The summed E-state index contributed by atoms with van der Waals surface area (Å²) in [5.41, 5.74) is 4.65. The van der Waals surface area contributed by atoms with Crippen LogP contribution in [0.1, 0.15) is 52.0 Å². The van der Waals surface area contributed by atoms with Gasteiger partial charge in [0.25, 0.3) is 0 Å². The molecule has 44 heavy (non-hydrogen) atoms. The Kier molecular flexibility index (Phi) is 7.24. The molecule has 1 spiro atoms. The topological polar surface area (TPSA) is 85.6 Å². The van der Waals surface area contributed by atoms with E-state index in [4.69, 9.17) is 10.1 Å². The minimum absolute atomic E-state index is 0.115. The van der Waals surface area contributed by atoms with E-state index in [1.54, 1.807) is 7.05 Å². The number of phenolic OH excluding ortho intramolecular Hbond substituents is 1. The highest BCUT2D eigenvalue weighted by atomic mass is 19.1. The van der Waals surface area contributed by atoms with E-state index in [9.17, 15) is 9.50 Å². The van der Waals surface area contributed by atoms with Crippen LogP contribution in [0.3, 0.4) is 0 Å². The number of nitrogens with one attached hydrogen (secondary N) is 1. The minimum Gasteiger partial charge on any atom is -0.508 e. The lowest BCUT2D eigenvalue weighted by Gasteiger charge is -2.47. The largest absolute Gasteiger partial charge is 0.508 e. The van der Waals surface area contributed by atoms with Gasteiger partial charge in [-0.25, -0.2) is 19.0 Å². The van der Waals surface area contributed by atoms with Gasteiger partial charge in [0.05, 0.1) is 17.0 Å². The Hall–Kier alpha value is -3.76. The smallest absolute Gasteiger partial charge is 0.164 e. The molecule has 9 nitrogen and oxygen atoms in total. The number of hydrogen-bond acceptors (Lipinski definition) is 8. The molecule has 0 saturated carbocycles. The third kappa shape index (κ3) is 4.98. The van der Waals surface area contributed by atoms with E-state index in [0.717, 1.165) is 32.1 Å². The van der Waals surface area contributed by atoms with E-state index in [1.165, 1.54) is 68.5 Å². The Bertz CT molecular complexity index is 1650. The molecule has 1 aromatic carbocycles. The summed E-state index contributed by atoms with van der Waals surface area (Å²) in [5, 5.41) is 19.2. The van der Waals surface area contributed by atoms with Crippen molar-refractivity contribution in [1.29, 1.82) is 0 Å². The molecule has 4 aliphatic rings. The van der Waals surface area contributed by atoms with Crippen LogP contribution in [0.4, 0.5) is 10.2 Å². The second kappa shape index (κ2) is 11.0. The molecule has 0 aliphatic carbocycles. The summed E-state index contributed by atoms with van der Waals surface area (Å²) in [7, 11) is 4.08. The van der Waals surface area contributed by atoms with Crippen LogP contribution in [0.2, 0.25) is 0 Å². The first kappa shape index (κ1) is 29.0. The number of phenols is 1. The van der Waals surface area contributed by atoms with E-state index in [1.807, 2.05) is 4.68 Å². The molecule has 10 heteroatoms. The van der Waals surface area contributed by atoms with Crippen molar-refractivity contribution in [1.82, 2.24) is 34.4 Å². The number of aromatic hydroxyl groups is 1. The van der Waals surface area contributed by atoms with Crippen molar-refractivity contribution >= 4 is 16.9 Å². The quantitative estimate of drug-likeness (QED) is 0.382. The zero-order valence-corrected chi connectivity index (χ0v) is 26.2. The van der Waals surface area contributed by atoms with Gasteiger partial charge in [-0.2, -0.15) is 5.10 Å². The number of likely N-dealkylation sites (tertiary alicyclic amines) is 2. The maximum Gasteiger partial charge on any atom is 0.164 e. The van der Waals surface area contributed by atoms with Gasteiger partial charge >= 0.3 is 0 Å². The third-order valence-corrected chi connectivity index (χ3v) is 10.5. The number of nitrogens with zero attached hydrogens (tertiary/aromatic N) is 7. The fourth-order valence-electron chi connectivity index (χ4n) is 8.15. The molecule has 7 rings (SSSR count). The summed E-state index contributed by atoms with van der Waals surface area (Å²) in [6.07, 6.45) is 16.4. The van der Waals surface area contributed by atoms with Crippen LogP contribution in [0.15, 0.2) is 60.2 Å². The molecule has 4 aliphatic heterocycles. The number of piperidine rings is 2. The second-order valence-electron chi connectivity index (χ2n) is 13.5. The first-order valence-electron chi connectivity index (χ1n) is 15.9. The average molecular weight is 599 g/mol. The molecule has 2 fully saturated rings. The monoisotopic (exact) mass is 598 g/mol. The predicted octanol–water partition coefficient (Wildman–Crippen LogP) is 5.55. The van der Waals surface area contributed by atoms with Crippen LogP contribution in [-0.4, -0.2) is 91.9 Å². The van der Waals surface area contributed by atoms with Crippen molar-refractivity contribution in [2.75, 3.05) is 52.1 Å². The van der Waals surface area contributed by atoms with Gasteiger partial charge in [0.15, 0.2) is 5.65 Å². The number of halogens is 1. The SMILES string of the molecule is CNc1ncnc2c1c(-c1cc(O)cc(F)c1)nn2C(C)C1=C(CN2CCC3(CCCN(C)C3)CC2)N2C=CC=CC2(C)C1. The number of aromatic nitrogens is 4. The lowest BCUT2D eigenvalue weighted by molar-refractivity contribution is 0.0353. The van der Waals surface area contributed by atoms with Gasteiger partial charge in [-0.15, -0.1) is 0 Å². The lowest BCUT2D eigenvalue weighted by Crippen LogP contribution is -2.49. The first-order valence-corrected chi connectivity index (χ1v) is 15.9. The molecule has 2 aromatic heterocycles. The Morgan fingerprint density at radius 3 is 2.66 bits per heavy atom. The summed E-state index contributed by atoms with van der Waals surface area (Å²) >= 11 is 0. The van der Waals surface area contributed by atoms with Gasteiger partial charge in [0.2, 0.25) is 0 Å². The van der Waals surface area contributed by atoms with Crippen LogP contribution < -0.4 is 5.32 Å². The van der Waals surface area contributed by atoms with E-state index >= 15 is 0 Å². The number of allylic oxidation sites excluding steroid dienone is 2. The van der Waals surface area contributed by atoms with Gasteiger partial charge in [-0.1, -0.05) is 12.2 Å². The maximum absolute atomic E-state index is 14.5. The van der Waals surface area contributed by atoms with Gasteiger partial charge < -0.3 is 20.2 Å². The van der Waals surface area contributed by atoms with Gasteiger partial charge in [-0.3, -0.25) is 4.90 Å². The molecule has 0 amide bonds. The molecule has 2 atom stereocenters. The molecular formula is C34H43FN8O. The summed E-state index contributed by atoms with van der Waals surface area (Å²) < 4.78 is 16.4. The van der Waals surface area contributed by atoms with Crippen LogP contribution in [-0.2, 0) is 0 Å². The molecule has 3 aromatic rings. The van der Waals surface area contributed by atoms with Crippen molar-refractivity contribution in [3.63, 3.8) is 0 Å². The number of anilines is 1. The molecule has 0 bridgehead atoms. The highest BCUT2D eigenvalue weighted by Gasteiger charge is 2.44. The van der Waals surface area contributed by atoms with E-state index in [-0.39, 0.29) is 17.3 Å². The normalized spacial score (nSPS) is 24.4. The Labute approximate surface area is 258 Å². The maximum atomic E-state index is 14.5. The Morgan fingerprint density at radius 2 is 1.91 bits per heavy atom. The van der Waals surface area contributed by atoms with Crippen molar-refractivity contribution in [2.24, 2.45) is 5.41 Å². The van der Waals surface area contributed by atoms with Crippen LogP contribution in [0.5, 0.6) is 5.75 Å². The third-order valence-electron chi connectivity index (χ3n) is 10.5. The summed E-state index contributed by atoms with van der Waals surface area (Å²) in [5.74, 6) is -0.0596. The molecule has 6 heterocycles. The molecule has 0 radical (unpaired) electrons. The second-order valence-corrected chi connectivity index (χ2v) is 13.5. The standard InChI is InChI=1S/C34H43FN8O/c1-23(43-32-29(31(36-3)37-22-38-32)30(39-43)24-16-25(35)18-26(44)17-24)27-19-33(2)8-5-6-13-42(33)28(27)20-41-14-10-34(11-15-41)9-7-12-40(4)21-34/h5-6,8,13,16-18,22-23,44H,7,9-12,14-15,19-21H2,1-4H3,(H,36,37,38). The van der Waals surface area contributed by atoms with Crippen LogP contribution in [0.25, 0.3) is 22.3 Å². The first-order chi connectivity index (χ1) is 21.2.